The molecule has 0 spiro atoms. The number of phenolic OH excluding ortho intramolecular Hbond substituents is 4. The van der Waals surface area contributed by atoms with Gasteiger partial charge in [-0.1, -0.05) is 18.2 Å². The summed E-state index contributed by atoms with van der Waals surface area (Å²) in [5.74, 6) is -1.28. The third-order valence-corrected chi connectivity index (χ3v) is 8.19. The van der Waals surface area contributed by atoms with E-state index in [9.17, 15) is 45.3 Å². The number of ether oxygens (including phenoxy) is 5. The zero-order chi connectivity index (χ0) is 36.4. The van der Waals surface area contributed by atoms with E-state index in [1.54, 1.807) is 30.3 Å². The Labute approximate surface area is 288 Å². The Balaban J connectivity index is 1.41. The molecule has 0 bridgehead atoms. The van der Waals surface area contributed by atoms with Crippen LogP contribution in [0.2, 0.25) is 0 Å². The summed E-state index contributed by atoms with van der Waals surface area (Å²) in [5.41, 5.74) is 1.85. The van der Waals surface area contributed by atoms with Gasteiger partial charge in [0.15, 0.2) is 40.8 Å². The molecule has 0 aliphatic carbocycles. The molecule has 0 amide bonds. The highest BCUT2D eigenvalue weighted by molar-refractivity contribution is 5.87. The van der Waals surface area contributed by atoms with E-state index < -0.39 is 49.4 Å². The van der Waals surface area contributed by atoms with Crippen LogP contribution in [0.25, 0.3) is 6.08 Å². The highest BCUT2D eigenvalue weighted by Crippen LogP contribution is 2.30. The number of carbonyl (C=O) groups is 2. The van der Waals surface area contributed by atoms with E-state index >= 15 is 0 Å². The number of rotatable bonds is 16. The van der Waals surface area contributed by atoms with Crippen LogP contribution in [0.1, 0.15) is 36.0 Å². The van der Waals surface area contributed by atoms with Crippen molar-refractivity contribution in [1.82, 2.24) is 0 Å². The molecule has 270 valence electrons. The highest BCUT2D eigenvalue weighted by atomic mass is 16.7. The molecule has 14 heteroatoms. The minimum Gasteiger partial charge on any atom is -0.504 e. The molecule has 1 heterocycles. The van der Waals surface area contributed by atoms with Crippen molar-refractivity contribution in [3.8, 4) is 34.5 Å². The number of aliphatic hydroxyl groups is 3. The Hall–Kier alpha value is -4.86. The van der Waals surface area contributed by atoms with E-state index in [-0.39, 0.29) is 60.9 Å². The number of hydrogen-bond acceptors (Lipinski definition) is 14. The van der Waals surface area contributed by atoms with Crippen LogP contribution >= 0.6 is 0 Å². The maximum absolute atomic E-state index is 13.1. The van der Waals surface area contributed by atoms with Crippen LogP contribution in [0, 0.1) is 0 Å². The van der Waals surface area contributed by atoms with Crippen molar-refractivity contribution < 1.29 is 69.0 Å². The predicted octanol–water partition coefficient (Wildman–Crippen LogP) is 2.50. The molecule has 3 aromatic carbocycles. The highest BCUT2D eigenvalue weighted by Gasteiger charge is 2.45. The lowest BCUT2D eigenvalue weighted by atomic mass is 9.97. The summed E-state index contributed by atoms with van der Waals surface area (Å²) in [6.07, 6.45) is -5.59. The Morgan fingerprint density at radius 3 is 2.04 bits per heavy atom. The molecule has 1 saturated heterocycles. The number of phenols is 4. The van der Waals surface area contributed by atoms with Gasteiger partial charge in [-0.25, -0.2) is 4.79 Å². The first-order chi connectivity index (χ1) is 23.9. The van der Waals surface area contributed by atoms with Crippen LogP contribution in [0.15, 0.2) is 60.7 Å². The lowest BCUT2D eigenvalue weighted by molar-refractivity contribution is -0.311. The molecular formula is C36H42O14. The zero-order valence-corrected chi connectivity index (χ0v) is 27.5. The van der Waals surface area contributed by atoms with Gasteiger partial charge in [-0.15, -0.1) is 0 Å². The van der Waals surface area contributed by atoms with E-state index in [0.29, 0.717) is 28.2 Å². The van der Waals surface area contributed by atoms with Gasteiger partial charge in [-0.05, 0) is 78.4 Å². The molecule has 1 fully saturated rings. The summed E-state index contributed by atoms with van der Waals surface area (Å²) in [5, 5.41) is 70.8. The number of benzene rings is 3. The zero-order valence-electron chi connectivity index (χ0n) is 27.5. The normalized spacial score (nSPS) is 21.1. The fourth-order valence-electron chi connectivity index (χ4n) is 5.32. The second-order valence-electron chi connectivity index (χ2n) is 11.8. The first kappa shape index (κ1) is 38.0. The smallest absolute Gasteiger partial charge is 0.330 e. The maximum atomic E-state index is 13.1. The summed E-state index contributed by atoms with van der Waals surface area (Å²) < 4.78 is 27.5. The maximum Gasteiger partial charge on any atom is 0.330 e. The van der Waals surface area contributed by atoms with Crippen LogP contribution in [0.3, 0.4) is 0 Å². The number of aryl methyl sites for hydroxylation is 2. The fraction of sp³-hybridized carbons (Fsp3) is 0.389. The monoisotopic (exact) mass is 698 g/mol. The van der Waals surface area contributed by atoms with Gasteiger partial charge in [0.2, 0.25) is 0 Å². The lowest BCUT2D eigenvalue weighted by Crippen LogP contribution is -2.60. The molecule has 7 N–H and O–H groups in total. The summed E-state index contributed by atoms with van der Waals surface area (Å²) >= 11 is 0. The fourth-order valence-corrected chi connectivity index (χ4v) is 5.32. The van der Waals surface area contributed by atoms with Gasteiger partial charge in [-0.3, -0.25) is 4.79 Å². The molecule has 6 atom stereocenters. The Morgan fingerprint density at radius 2 is 1.42 bits per heavy atom. The van der Waals surface area contributed by atoms with Gasteiger partial charge in [0, 0.05) is 18.9 Å². The van der Waals surface area contributed by atoms with Crippen LogP contribution in [0.4, 0.5) is 0 Å². The first-order valence-electron chi connectivity index (χ1n) is 15.8. The number of aliphatic hydroxyl groups excluding tert-OH is 3. The molecule has 3 aromatic rings. The lowest BCUT2D eigenvalue weighted by Gasteiger charge is -2.41. The van der Waals surface area contributed by atoms with Crippen molar-refractivity contribution in [1.29, 1.82) is 0 Å². The average Bonchev–Trinajstić information content (AvgIpc) is 3.11. The van der Waals surface area contributed by atoms with Gasteiger partial charge < -0.3 is 59.4 Å². The van der Waals surface area contributed by atoms with Gasteiger partial charge in [0.1, 0.15) is 36.8 Å². The molecule has 0 unspecified atom stereocenters. The molecule has 0 radical (unpaired) electrons. The Morgan fingerprint density at radius 1 is 0.780 bits per heavy atom. The summed E-state index contributed by atoms with van der Waals surface area (Å²) in [6.45, 7) is -0.504. The summed E-state index contributed by atoms with van der Waals surface area (Å²) in [7, 11) is 2.97. The van der Waals surface area contributed by atoms with Gasteiger partial charge >= 0.3 is 5.97 Å². The second-order valence-corrected chi connectivity index (χ2v) is 11.8. The largest absolute Gasteiger partial charge is 0.504 e. The van der Waals surface area contributed by atoms with E-state index in [4.69, 9.17) is 23.7 Å². The Kier molecular flexibility index (Phi) is 13.4. The van der Waals surface area contributed by atoms with Crippen LogP contribution in [-0.2, 0) is 36.6 Å². The summed E-state index contributed by atoms with van der Waals surface area (Å²) in [4.78, 5) is 25.6. The van der Waals surface area contributed by atoms with Crippen molar-refractivity contribution in [3.63, 3.8) is 0 Å². The van der Waals surface area contributed by atoms with Crippen LogP contribution in [0.5, 0.6) is 34.5 Å². The molecule has 0 aromatic heterocycles. The molecule has 4 rings (SSSR count). The predicted molar refractivity (Wildman–Crippen MR) is 177 cm³/mol. The number of carbonyl (C=O) groups excluding carboxylic acids is 2. The standard InChI is InChI=1S/C36H42O14/c1-46-29-13-7-22(17-30(29)47-2)8-14-32(42)48-19-31-33(43)34(44)35(45)36(50-31)49-24(10-4-21-6-12-26(39)28(41)16-21)18-23(37)9-3-20-5-11-25(38)27(40)15-20/h5-8,11-17,24,31,33-36,38-41,43-45H,3-4,9-10,18-19H2,1-2H3/t24-,31-,33+,34-,35+,36+/m0/s1. The van der Waals surface area contributed by atoms with Crippen molar-refractivity contribution in [2.75, 3.05) is 20.8 Å². The van der Waals surface area contributed by atoms with Crippen molar-refractivity contribution in [2.24, 2.45) is 0 Å². The van der Waals surface area contributed by atoms with E-state index in [1.807, 2.05) is 0 Å². The minimum absolute atomic E-state index is 0.0505. The number of esters is 1. The number of methoxy groups -OCH3 is 2. The quantitative estimate of drug-likeness (QED) is 0.0649. The SMILES string of the molecule is COc1ccc(C=CC(=O)OC[C@@H]2O[C@@H](O[C@@H](CCc3ccc(O)c(O)c3)CC(=O)CCc3ccc(O)c(O)c3)[C@H](O)[C@@H](O)[C@@H]2O)cc1OC. The number of aromatic hydroxyl groups is 4. The topological polar surface area (TPSA) is 222 Å². The van der Waals surface area contributed by atoms with Crippen molar-refractivity contribution in [3.05, 3.63) is 77.4 Å². The third kappa shape index (κ3) is 10.3. The molecule has 50 heavy (non-hydrogen) atoms. The van der Waals surface area contributed by atoms with Gasteiger partial charge in [0.05, 0.1) is 20.3 Å². The van der Waals surface area contributed by atoms with E-state index in [1.165, 1.54) is 44.6 Å². The number of ketones is 1. The molecule has 1 aliphatic heterocycles. The Bertz CT molecular complexity index is 1640. The molecule has 1 aliphatic rings. The minimum atomic E-state index is -1.74. The van der Waals surface area contributed by atoms with Crippen LogP contribution < -0.4 is 9.47 Å². The van der Waals surface area contributed by atoms with E-state index in [2.05, 4.69) is 0 Å². The number of Topliss-reactive ketones (excluding diaryl/α,β-unsaturated/α-hetero) is 1. The van der Waals surface area contributed by atoms with Gasteiger partial charge in [0.25, 0.3) is 0 Å². The van der Waals surface area contributed by atoms with Crippen molar-refractivity contribution >= 4 is 17.8 Å². The van der Waals surface area contributed by atoms with Crippen LogP contribution in [-0.4, -0.2) is 105 Å². The van der Waals surface area contributed by atoms with Crippen molar-refractivity contribution in [2.45, 2.75) is 68.9 Å². The molecule has 0 saturated carbocycles. The summed E-state index contributed by atoms with van der Waals surface area (Å²) in [6, 6.07) is 13.5. The average molecular weight is 699 g/mol. The molecular weight excluding hydrogens is 656 g/mol. The third-order valence-electron chi connectivity index (χ3n) is 8.19. The number of hydrogen-bond donors (Lipinski definition) is 7. The second kappa shape index (κ2) is 17.7. The molecule has 14 nitrogen and oxygen atoms in total. The van der Waals surface area contributed by atoms with E-state index in [0.717, 1.165) is 6.08 Å². The first-order valence-corrected chi connectivity index (χ1v) is 15.8. The van der Waals surface area contributed by atoms with Gasteiger partial charge in [-0.2, -0.15) is 0 Å².